The van der Waals surface area contributed by atoms with Crippen LogP contribution in [0.3, 0.4) is 0 Å². The molecule has 1 aliphatic heterocycles. The Balaban J connectivity index is 1.64. The molecule has 0 radical (unpaired) electrons. The number of benzene rings is 3. The van der Waals surface area contributed by atoms with E-state index in [1.54, 1.807) is 37.4 Å². The number of aliphatic hydroxyl groups is 1. The fourth-order valence-corrected chi connectivity index (χ4v) is 3.81. The Kier molecular flexibility index (Phi) is 7.37. The van der Waals surface area contributed by atoms with Gasteiger partial charge in [-0.15, -0.1) is 0 Å². The number of rotatable bonds is 9. The number of Topliss-reactive ketones (excluding diaryl/α,β-unsaturated/α-hetero) is 1. The van der Waals surface area contributed by atoms with Crippen molar-refractivity contribution in [1.29, 1.82) is 0 Å². The maximum atomic E-state index is 12.8. The van der Waals surface area contributed by atoms with Crippen LogP contribution in [-0.2, 0) is 11.3 Å². The highest BCUT2D eigenvalue weighted by Crippen LogP contribution is 2.43. The summed E-state index contributed by atoms with van der Waals surface area (Å²) >= 11 is 0. The molecular formula is C26H26O10. The molecule has 0 saturated heterocycles. The van der Waals surface area contributed by atoms with Crippen LogP contribution in [0.5, 0.6) is 40.2 Å². The van der Waals surface area contributed by atoms with E-state index in [1.165, 1.54) is 19.2 Å². The molecule has 190 valence electrons. The van der Waals surface area contributed by atoms with Gasteiger partial charge in [0, 0.05) is 19.2 Å². The second-order valence-corrected chi connectivity index (χ2v) is 8.03. The van der Waals surface area contributed by atoms with Gasteiger partial charge < -0.3 is 44.1 Å². The van der Waals surface area contributed by atoms with E-state index in [2.05, 4.69) is 0 Å². The van der Waals surface area contributed by atoms with E-state index in [0.29, 0.717) is 35.0 Å². The average Bonchev–Trinajstić information content (AvgIpc) is 2.86. The molecule has 10 nitrogen and oxygen atoms in total. The molecule has 36 heavy (non-hydrogen) atoms. The van der Waals surface area contributed by atoms with E-state index in [0.717, 1.165) is 6.07 Å². The molecule has 4 N–H and O–H groups in total. The number of hydrogen-bond donors (Lipinski definition) is 4. The number of aromatic hydroxyl groups is 3. The highest BCUT2D eigenvalue weighted by Gasteiger charge is 2.39. The van der Waals surface area contributed by atoms with Gasteiger partial charge in [-0.2, -0.15) is 0 Å². The van der Waals surface area contributed by atoms with Crippen molar-refractivity contribution in [3.63, 3.8) is 0 Å². The predicted molar refractivity (Wildman–Crippen MR) is 126 cm³/mol. The summed E-state index contributed by atoms with van der Waals surface area (Å²) in [5, 5.41) is 40.4. The number of hydrogen-bond acceptors (Lipinski definition) is 10. The molecule has 0 bridgehead atoms. The molecule has 3 aromatic carbocycles. The van der Waals surface area contributed by atoms with Gasteiger partial charge in [-0.25, -0.2) is 0 Å². The predicted octanol–water partition coefficient (Wildman–Crippen LogP) is 3.09. The standard InChI is InChI=1S/C26H26O10/c1-32-7-8-34-19-6-4-15(10-21(19)35-13-14-3-5-17(28)20(9-14)33-2)26-25(31)24(30)23-18(29)11-16(27)12-22(23)36-26/h3-6,9-12,25-29,31H,7-8,13H2,1-2H3. The Morgan fingerprint density at radius 3 is 2.42 bits per heavy atom. The third-order valence-corrected chi connectivity index (χ3v) is 5.60. The first-order chi connectivity index (χ1) is 17.3. The Morgan fingerprint density at radius 2 is 1.67 bits per heavy atom. The van der Waals surface area contributed by atoms with Gasteiger partial charge in [0.1, 0.15) is 36.0 Å². The maximum Gasteiger partial charge on any atom is 0.202 e. The van der Waals surface area contributed by atoms with Crippen molar-refractivity contribution < 1.29 is 48.9 Å². The molecule has 0 amide bonds. The molecule has 10 heteroatoms. The summed E-state index contributed by atoms with van der Waals surface area (Å²) in [5.74, 6) is -0.560. The Bertz CT molecular complexity index is 1260. The molecule has 0 aliphatic carbocycles. The number of carbonyl (C=O) groups is 1. The normalized spacial score (nSPS) is 16.7. The van der Waals surface area contributed by atoms with Crippen molar-refractivity contribution in [2.75, 3.05) is 27.4 Å². The lowest BCUT2D eigenvalue weighted by atomic mass is 9.92. The SMILES string of the molecule is COCCOc1ccc(C2Oc3cc(O)cc(O)c3C(=O)C2O)cc1OCc1ccc(O)c(OC)c1. The zero-order chi connectivity index (χ0) is 25.8. The van der Waals surface area contributed by atoms with Crippen LogP contribution in [0.2, 0.25) is 0 Å². The zero-order valence-corrected chi connectivity index (χ0v) is 19.6. The minimum atomic E-state index is -1.61. The summed E-state index contributed by atoms with van der Waals surface area (Å²) in [7, 11) is 2.99. The second-order valence-electron chi connectivity index (χ2n) is 8.03. The lowest BCUT2D eigenvalue weighted by Gasteiger charge is -2.30. The van der Waals surface area contributed by atoms with Gasteiger partial charge in [0.2, 0.25) is 5.78 Å². The van der Waals surface area contributed by atoms with Crippen LogP contribution in [0, 0.1) is 0 Å². The first-order valence-corrected chi connectivity index (χ1v) is 11.0. The number of fused-ring (bicyclic) bond motifs is 1. The summed E-state index contributed by atoms with van der Waals surface area (Å²) in [4.78, 5) is 12.8. The van der Waals surface area contributed by atoms with E-state index >= 15 is 0 Å². The molecular weight excluding hydrogens is 472 g/mol. The molecule has 1 heterocycles. The molecule has 4 rings (SSSR count). The number of phenolic OH excluding ortho intramolecular Hbond substituents is 3. The van der Waals surface area contributed by atoms with Crippen molar-refractivity contribution in [3.8, 4) is 40.2 Å². The largest absolute Gasteiger partial charge is 0.508 e. The van der Waals surface area contributed by atoms with Crippen molar-refractivity contribution in [2.24, 2.45) is 0 Å². The molecule has 0 aromatic heterocycles. The van der Waals surface area contributed by atoms with Crippen LogP contribution in [0.25, 0.3) is 0 Å². The first-order valence-electron chi connectivity index (χ1n) is 11.0. The van der Waals surface area contributed by atoms with Crippen molar-refractivity contribution in [2.45, 2.75) is 18.8 Å². The number of carbonyl (C=O) groups excluding carboxylic acids is 1. The molecule has 0 fully saturated rings. The van der Waals surface area contributed by atoms with Gasteiger partial charge in [0.05, 0.1) is 13.7 Å². The van der Waals surface area contributed by atoms with E-state index in [1.807, 2.05) is 0 Å². The van der Waals surface area contributed by atoms with Gasteiger partial charge in [-0.1, -0.05) is 12.1 Å². The first kappa shape index (κ1) is 25.0. The quantitative estimate of drug-likeness (QED) is 0.325. The Hall–Kier alpha value is -4.15. The van der Waals surface area contributed by atoms with Crippen molar-refractivity contribution in [1.82, 2.24) is 0 Å². The summed E-state index contributed by atoms with van der Waals surface area (Å²) in [6, 6.07) is 11.8. The fourth-order valence-electron chi connectivity index (χ4n) is 3.81. The van der Waals surface area contributed by atoms with Crippen LogP contribution >= 0.6 is 0 Å². The van der Waals surface area contributed by atoms with Gasteiger partial charge in [0.15, 0.2) is 35.2 Å². The summed E-state index contributed by atoms with van der Waals surface area (Å²) < 4.78 is 27.7. The van der Waals surface area contributed by atoms with Crippen molar-refractivity contribution >= 4 is 5.78 Å². The topological polar surface area (TPSA) is 144 Å². The second kappa shape index (κ2) is 10.6. The number of ether oxygens (including phenoxy) is 5. The third kappa shape index (κ3) is 5.09. The minimum Gasteiger partial charge on any atom is -0.508 e. The van der Waals surface area contributed by atoms with Gasteiger partial charge in [-0.3, -0.25) is 4.79 Å². The molecule has 0 spiro atoms. The molecule has 2 atom stereocenters. The summed E-state index contributed by atoms with van der Waals surface area (Å²) in [6.07, 6.45) is -2.74. The fraction of sp³-hybridized carbons (Fsp3) is 0.269. The number of aliphatic hydroxyl groups excluding tert-OH is 1. The highest BCUT2D eigenvalue weighted by atomic mass is 16.5. The van der Waals surface area contributed by atoms with Gasteiger partial charge in [0.25, 0.3) is 0 Å². The minimum absolute atomic E-state index is 0.00251. The third-order valence-electron chi connectivity index (χ3n) is 5.60. The zero-order valence-electron chi connectivity index (χ0n) is 19.6. The Labute approximate surface area is 206 Å². The number of phenols is 3. The van der Waals surface area contributed by atoms with Gasteiger partial charge >= 0.3 is 0 Å². The van der Waals surface area contributed by atoms with Gasteiger partial charge in [-0.05, 0) is 35.4 Å². The molecule has 3 aromatic rings. The monoisotopic (exact) mass is 498 g/mol. The highest BCUT2D eigenvalue weighted by molar-refractivity contribution is 6.05. The van der Waals surface area contributed by atoms with Crippen LogP contribution in [0.4, 0.5) is 0 Å². The van der Waals surface area contributed by atoms with E-state index in [9.17, 15) is 25.2 Å². The smallest absolute Gasteiger partial charge is 0.202 e. The molecule has 1 aliphatic rings. The van der Waals surface area contributed by atoms with E-state index in [4.69, 9.17) is 23.7 Å². The van der Waals surface area contributed by atoms with Crippen LogP contribution < -0.4 is 18.9 Å². The Morgan fingerprint density at radius 1 is 0.861 bits per heavy atom. The average molecular weight is 498 g/mol. The van der Waals surface area contributed by atoms with Crippen LogP contribution in [-0.4, -0.2) is 59.7 Å². The van der Waals surface area contributed by atoms with Crippen LogP contribution in [0.1, 0.15) is 27.6 Å². The maximum absolute atomic E-state index is 12.8. The van der Waals surface area contributed by atoms with Crippen molar-refractivity contribution in [3.05, 3.63) is 65.2 Å². The lowest BCUT2D eigenvalue weighted by Crippen LogP contribution is -2.36. The lowest BCUT2D eigenvalue weighted by molar-refractivity contribution is 0.0209. The summed E-state index contributed by atoms with van der Waals surface area (Å²) in [5.41, 5.74) is 0.914. The summed E-state index contributed by atoms with van der Waals surface area (Å²) in [6.45, 7) is 0.698. The van der Waals surface area contributed by atoms with Crippen LogP contribution in [0.15, 0.2) is 48.5 Å². The molecule has 2 unspecified atom stereocenters. The molecule has 0 saturated carbocycles. The van der Waals surface area contributed by atoms with E-state index in [-0.39, 0.29) is 36.0 Å². The number of methoxy groups -OCH3 is 2. The van der Waals surface area contributed by atoms with E-state index < -0.39 is 23.7 Å². The number of ketones is 1.